The molecule has 4 heterocycles. The van der Waals surface area contributed by atoms with E-state index in [4.69, 9.17) is 21.6 Å². The summed E-state index contributed by atoms with van der Waals surface area (Å²) in [7, 11) is -1.12. The van der Waals surface area contributed by atoms with Crippen molar-refractivity contribution in [2.24, 2.45) is 11.8 Å². The van der Waals surface area contributed by atoms with Gasteiger partial charge in [-0.05, 0) is 62.4 Å². The molecule has 34 heavy (non-hydrogen) atoms. The summed E-state index contributed by atoms with van der Waals surface area (Å²) in [6, 6.07) is 0. The molecule has 0 amide bonds. The molecular weight excluding hydrogens is 472 g/mol. The summed E-state index contributed by atoms with van der Waals surface area (Å²) >= 11 is 5.94. The van der Waals surface area contributed by atoms with Gasteiger partial charge in [0.05, 0.1) is 33.7 Å². The van der Waals surface area contributed by atoms with Crippen molar-refractivity contribution in [3.8, 4) is 0 Å². The third-order valence-corrected chi connectivity index (χ3v) is 9.46. The highest BCUT2D eigenvalue weighted by Crippen LogP contribution is 2.42. The van der Waals surface area contributed by atoms with E-state index < -0.39 is 10.8 Å². The molecule has 2 aromatic heterocycles. The fourth-order valence-electron chi connectivity index (χ4n) is 5.64. The molecule has 0 radical (unpaired) electrons. The van der Waals surface area contributed by atoms with Crippen molar-refractivity contribution >= 4 is 39.7 Å². The maximum absolute atomic E-state index is 13.1. The zero-order valence-corrected chi connectivity index (χ0v) is 20.6. The predicted octanol–water partition coefficient (Wildman–Crippen LogP) is 3.23. The number of fused-ring (bicyclic) bond motifs is 2. The van der Waals surface area contributed by atoms with Crippen molar-refractivity contribution in [1.29, 1.82) is 0 Å². The van der Waals surface area contributed by atoms with Gasteiger partial charge in [0, 0.05) is 31.2 Å². The van der Waals surface area contributed by atoms with Crippen molar-refractivity contribution in [2.45, 2.75) is 55.4 Å². The molecular formula is C24H29ClN6O2S. The number of hydrogen-bond donors (Lipinski definition) is 2. The first-order valence-corrected chi connectivity index (χ1v) is 13.9. The van der Waals surface area contributed by atoms with E-state index in [1.54, 1.807) is 12.4 Å². The Kier molecular flexibility index (Phi) is 5.82. The van der Waals surface area contributed by atoms with Crippen LogP contribution < -0.4 is 10.2 Å². The average molecular weight is 501 g/mol. The topological polar surface area (TPSA) is 104 Å². The second-order valence-electron chi connectivity index (χ2n) is 10.0. The first kappa shape index (κ1) is 22.4. The van der Waals surface area contributed by atoms with E-state index in [9.17, 15) is 9.32 Å². The number of halogens is 1. The summed E-state index contributed by atoms with van der Waals surface area (Å²) in [6.45, 7) is 1.76. The molecule has 8 nitrogen and oxygen atoms in total. The number of aliphatic hydroxyl groups excluding tert-OH is 1. The van der Waals surface area contributed by atoms with Crippen molar-refractivity contribution in [2.75, 3.05) is 35.7 Å². The first-order chi connectivity index (χ1) is 16.5. The van der Waals surface area contributed by atoms with Gasteiger partial charge in [-0.1, -0.05) is 17.7 Å². The molecule has 2 aliphatic heterocycles. The van der Waals surface area contributed by atoms with Crippen LogP contribution in [0.3, 0.4) is 0 Å². The molecule has 6 rings (SSSR count). The van der Waals surface area contributed by atoms with Crippen molar-refractivity contribution in [3.63, 3.8) is 0 Å². The fraction of sp³-hybridized carbons (Fsp3) is 0.583. The number of nitrogens with zero attached hydrogens (tertiary/aromatic N) is 5. The number of aliphatic hydroxyl groups is 1. The Morgan fingerprint density at radius 1 is 1.18 bits per heavy atom. The van der Waals surface area contributed by atoms with Crippen molar-refractivity contribution in [1.82, 2.24) is 19.9 Å². The second kappa shape index (κ2) is 8.84. The van der Waals surface area contributed by atoms with Gasteiger partial charge in [0.1, 0.15) is 10.7 Å². The molecule has 2 aromatic rings. The highest BCUT2D eigenvalue weighted by atomic mass is 35.5. The summed E-state index contributed by atoms with van der Waals surface area (Å²) in [5.41, 5.74) is 1.73. The molecule has 4 aliphatic rings. The molecule has 10 heteroatoms. The SMILES string of the molecule is O=S1CCCCc2nc(N3CC4C=C(c5ncc(Cl)cn5)CC4C3)nc(NC3(CO)CCC3)c21. The lowest BCUT2D eigenvalue weighted by molar-refractivity contribution is 0.143. The zero-order valence-electron chi connectivity index (χ0n) is 19.0. The minimum absolute atomic E-state index is 0.0575. The third-order valence-electron chi connectivity index (χ3n) is 7.72. The minimum atomic E-state index is -1.12. The third kappa shape index (κ3) is 4.01. The summed E-state index contributed by atoms with van der Waals surface area (Å²) in [5.74, 6) is 3.65. The lowest BCUT2D eigenvalue weighted by Gasteiger charge is -2.42. The Balaban J connectivity index is 1.29. The van der Waals surface area contributed by atoms with E-state index in [-0.39, 0.29) is 12.1 Å². The molecule has 2 aliphatic carbocycles. The smallest absolute Gasteiger partial charge is 0.227 e. The number of aromatic nitrogens is 4. The Bertz CT molecular complexity index is 1150. The molecule has 3 unspecified atom stereocenters. The average Bonchev–Trinajstić information content (AvgIpc) is 3.33. The highest BCUT2D eigenvalue weighted by molar-refractivity contribution is 7.85. The Labute approximate surface area is 206 Å². The van der Waals surface area contributed by atoms with E-state index >= 15 is 0 Å². The number of anilines is 2. The summed E-state index contributed by atoms with van der Waals surface area (Å²) in [4.78, 5) is 21.7. The first-order valence-electron chi connectivity index (χ1n) is 12.2. The van der Waals surface area contributed by atoms with Crippen LogP contribution in [0.5, 0.6) is 0 Å². The monoisotopic (exact) mass is 500 g/mol. The molecule has 0 bridgehead atoms. The normalized spacial score (nSPS) is 27.4. The maximum atomic E-state index is 13.1. The van der Waals surface area contributed by atoms with E-state index in [1.807, 2.05) is 0 Å². The summed E-state index contributed by atoms with van der Waals surface area (Å²) in [6.07, 6.45) is 12.1. The van der Waals surface area contributed by atoms with Crippen LogP contribution in [-0.2, 0) is 17.2 Å². The Morgan fingerprint density at radius 3 is 2.71 bits per heavy atom. The van der Waals surface area contributed by atoms with Crippen LogP contribution in [0.2, 0.25) is 5.02 Å². The van der Waals surface area contributed by atoms with Crippen molar-refractivity contribution in [3.05, 3.63) is 35.0 Å². The van der Waals surface area contributed by atoms with Crippen LogP contribution >= 0.6 is 11.6 Å². The van der Waals surface area contributed by atoms with Gasteiger partial charge in [-0.25, -0.2) is 15.0 Å². The van der Waals surface area contributed by atoms with Crippen LogP contribution in [0.1, 0.15) is 50.0 Å². The molecule has 1 saturated carbocycles. The Morgan fingerprint density at radius 2 is 2.00 bits per heavy atom. The second-order valence-corrected chi connectivity index (χ2v) is 12.0. The molecule has 2 N–H and O–H groups in total. The van der Waals surface area contributed by atoms with Gasteiger partial charge < -0.3 is 15.3 Å². The fourth-order valence-corrected chi connectivity index (χ4v) is 7.13. The predicted molar refractivity (Wildman–Crippen MR) is 132 cm³/mol. The maximum Gasteiger partial charge on any atom is 0.227 e. The van der Waals surface area contributed by atoms with Crippen LogP contribution in [0, 0.1) is 11.8 Å². The van der Waals surface area contributed by atoms with Gasteiger partial charge in [0.25, 0.3) is 0 Å². The number of nitrogens with one attached hydrogen (secondary N) is 1. The highest BCUT2D eigenvalue weighted by Gasteiger charge is 2.41. The minimum Gasteiger partial charge on any atom is -0.394 e. The van der Waals surface area contributed by atoms with Gasteiger partial charge in [-0.2, -0.15) is 4.98 Å². The Hall–Kier alpha value is -2.10. The molecule has 0 spiro atoms. The molecule has 180 valence electrons. The zero-order chi connectivity index (χ0) is 23.3. The molecule has 2 fully saturated rings. The molecule has 0 aromatic carbocycles. The van der Waals surface area contributed by atoms with Crippen LogP contribution in [0.25, 0.3) is 5.57 Å². The van der Waals surface area contributed by atoms with Crippen molar-refractivity contribution < 1.29 is 9.32 Å². The summed E-state index contributed by atoms with van der Waals surface area (Å²) < 4.78 is 13.1. The van der Waals surface area contributed by atoms with Gasteiger partial charge >= 0.3 is 0 Å². The van der Waals surface area contributed by atoms with Crippen LogP contribution in [0.15, 0.2) is 23.4 Å². The largest absolute Gasteiger partial charge is 0.394 e. The van der Waals surface area contributed by atoms with Gasteiger partial charge in [0.2, 0.25) is 5.95 Å². The van der Waals surface area contributed by atoms with Crippen LogP contribution in [0.4, 0.5) is 11.8 Å². The lowest BCUT2D eigenvalue weighted by atomic mass is 9.77. The van der Waals surface area contributed by atoms with Gasteiger partial charge in [0.15, 0.2) is 5.82 Å². The van der Waals surface area contributed by atoms with E-state index in [1.165, 1.54) is 5.57 Å². The summed E-state index contributed by atoms with van der Waals surface area (Å²) in [5, 5.41) is 14.1. The number of hydrogen-bond acceptors (Lipinski definition) is 8. The molecule has 3 atom stereocenters. The van der Waals surface area contributed by atoms with Gasteiger partial charge in [-0.3, -0.25) is 4.21 Å². The number of allylic oxidation sites excluding steroid dienone is 1. The lowest BCUT2D eigenvalue weighted by Crippen LogP contribution is -2.49. The number of rotatable bonds is 5. The van der Waals surface area contributed by atoms with E-state index in [2.05, 4.69) is 26.3 Å². The molecule has 1 saturated heterocycles. The quantitative estimate of drug-likeness (QED) is 0.644. The number of aryl methyl sites for hydroxylation is 1. The van der Waals surface area contributed by atoms with E-state index in [0.717, 1.165) is 74.4 Å². The van der Waals surface area contributed by atoms with E-state index in [0.29, 0.717) is 34.4 Å². The standard InChI is InChI=1S/C24H29ClN6O2S/c25-18-10-26-21(27-11-18)15-8-16-12-31(13-17(16)9-15)23-28-19-4-1-2-7-34(33)20(19)22(29-23)30-24(14-32)5-3-6-24/h8,10-11,16-17,32H,1-7,9,12-14H2,(H,28,29,30). The van der Waals surface area contributed by atoms with Crippen LogP contribution in [-0.4, -0.2) is 60.2 Å². The van der Waals surface area contributed by atoms with Gasteiger partial charge in [-0.15, -0.1) is 0 Å².